The number of amides is 1. The zero-order chi connectivity index (χ0) is 19.8. The number of nitrogens with zero attached hydrogens (tertiary/aromatic N) is 5. The van der Waals surface area contributed by atoms with E-state index in [1.54, 1.807) is 0 Å². The summed E-state index contributed by atoms with van der Waals surface area (Å²) in [7, 11) is 0. The lowest BCUT2D eigenvalue weighted by atomic mass is 10.1. The van der Waals surface area contributed by atoms with Gasteiger partial charge in [0.05, 0.1) is 12.2 Å². The largest absolute Gasteiger partial charge is 0.359 e. The topological polar surface area (TPSA) is 77.2 Å². The Balaban J connectivity index is 1.49. The normalized spacial score (nSPS) is 19.1. The van der Waals surface area contributed by atoms with E-state index in [-0.39, 0.29) is 5.91 Å². The van der Waals surface area contributed by atoms with Crippen molar-refractivity contribution in [2.24, 2.45) is 4.99 Å². The van der Waals surface area contributed by atoms with Crippen LogP contribution in [0.25, 0.3) is 0 Å². The van der Waals surface area contributed by atoms with E-state index in [0.717, 1.165) is 82.5 Å². The molecule has 2 fully saturated rings. The van der Waals surface area contributed by atoms with Crippen molar-refractivity contribution >= 4 is 11.9 Å². The number of hydrogen-bond donors (Lipinski definition) is 1. The van der Waals surface area contributed by atoms with Gasteiger partial charge in [0.15, 0.2) is 11.7 Å². The predicted octanol–water partition coefficient (Wildman–Crippen LogP) is 1.33. The Morgan fingerprint density at radius 3 is 2.50 bits per heavy atom. The second-order valence-corrected chi connectivity index (χ2v) is 7.51. The van der Waals surface area contributed by atoms with Crippen LogP contribution in [0.4, 0.5) is 0 Å². The van der Waals surface area contributed by atoms with Gasteiger partial charge in [-0.3, -0.25) is 9.69 Å². The molecule has 8 heteroatoms. The molecule has 1 N–H and O–H groups in total. The lowest BCUT2D eigenvalue weighted by molar-refractivity contribution is -0.133. The number of nitrogens with one attached hydrogen (secondary N) is 1. The number of likely N-dealkylation sites (tertiary alicyclic amines) is 1. The molecule has 0 bridgehead atoms. The van der Waals surface area contributed by atoms with Crippen LogP contribution in [0.2, 0.25) is 0 Å². The van der Waals surface area contributed by atoms with Crippen LogP contribution in [-0.2, 0) is 17.8 Å². The first-order valence-corrected chi connectivity index (χ1v) is 10.7. The van der Waals surface area contributed by atoms with Gasteiger partial charge < -0.3 is 19.6 Å². The van der Waals surface area contributed by atoms with E-state index < -0.39 is 0 Å². The maximum Gasteiger partial charge on any atom is 0.236 e. The number of piperidine rings is 1. The van der Waals surface area contributed by atoms with Crippen LogP contribution in [0.15, 0.2) is 15.6 Å². The summed E-state index contributed by atoms with van der Waals surface area (Å²) in [5, 5.41) is 7.40. The maximum absolute atomic E-state index is 12.5. The third-order valence-electron chi connectivity index (χ3n) is 5.43. The molecule has 2 saturated heterocycles. The first kappa shape index (κ1) is 20.6. The van der Waals surface area contributed by atoms with E-state index in [4.69, 9.17) is 9.52 Å². The van der Waals surface area contributed by atoms with Crippen molar-refractivity contribution in [2.45, 2.75) is 46.1 Å². The summed E-state index contributed by atoms with van der Waals surface area (Å²) in [4.78, 5) is 23.8. The van der Waals surface area contributed by atoms with Gasteiger partial charge in [-0.1, -0.05) is 12.1 Å². The summed E-state index contributed by atoms with van der Waals surface area (Å²) in [6, 6.07) is 1.97. The number of rotatable bonds is 6. The summed E-state index contributed by atoms with van der Waals surface area (Å²) >= 11 is 0. The first-order chi connectivity index (χ1) is 13.7. The predicted molar refractivity (Wildman–Crippen MR) is 109 cm³/mol. The smallest absolute Gasteiger partial charge is 0.236 e. The Morgan fingerprint density at radius 2 is 1.86 bits per heavy atom. The van der Waals surface area contributed by atoms with E-state index in [9.17, 15) is 4.79 Å². The van der Waals surface area contributed by atoms with Gasteiger partial charge in [-0.2, -0.15) is 0 Å². The van der Waals surface area contributed by atoms with Crippen LogP contribution < -0.4 is 5.32 Å². The van der Waals surface area contributed by atoms with Gasteiger partial charge in [-0.05, 0) is 32.6 Å². The SMILES string of the molecule is CCNC(=NCc1cc(CC)no1)N1CCN(CC(=O)N2CCCCC2)CC1. The average molecular weight is 391 g/mol. The third-order valence-corrected chi connectivity index (χ3v) is 5.43. The van der Waals surface area contributed by atoms with Crippen molar-refractivity contribution in [1.29, 1.82) is 0 Å². The Bertz CT molecular complexity index is 645. The van der Waals surface area contributed by atoms with Crippen LogP contribution >= 0.6 is 0 Å². The second kappa shape index (κ2) is 10.5. The summed E-state index contributed by atoms with van der Waals surface area (Å²) in [6.07, 6.45) is 4.41. The van der Waals surface area contributed by atoms with Crippen LogP contribution in [0.1, 0.15) is 44.6 Å². The molecule has 3 heterocycles. The van der Waals surface area contributed by atoms with E-state index in [1.807, 2.05) is 11.0 Å². The molecule has 1 amide bonds. The molecule has 0 radical (unpaired) electrons. The second-order valence-electron chi connectivity index (χ2n) is 7.51. The molecule has 2 aliphatic rings. The van der Waals surface area contributed by atoms with Crippen LogP contribution in [-0.4, -0.2) is 84.1 Å². The lowest BCUT2D eigenvalue weighted by Crippen LogP contribution is -2.54. The van der Waals surface area contributed by atoms with Crippen LogP contribution in [0, 0.1) is 0 Å². The molecule has 1 aromatic heterocycles. The molecule has 0 unspecified atom stereocenters. The molecule has 0 aromatic carbocycles. The molecular weight excluding hydrogens is 356 g/mol. The minimum Gasteiger partial charge on any atom is -0.359 e. The average Bonchev–Trinajstić information content (AvgIpc) is 3.20. The lowest BCUT2D eigenvalue weighted by Gasteiger charge is -2.37. The van der Waals surface area contributed by atoms with Crippen molar-refractivity contribution in [3.8, 4) is 0 Å². The number of aliphatic imine (C=N–C) groups is 1. The maximum atomic E-state index is 12.5. The van der Waals surface area contributed by atoms with Crippen molar-refractivity contribution in [3.63, 3.8) is 0 Å². The number of piperazine rings is 1. The monoisotopic (exact) mass is 390 g/mol. The summed E-state index contributed by atoms with van der Waals surface area (Å²) < 4.78 is 5.34. The number of hydrogen-bond acceptors (Lipinski definition) is 5. The molecule has 2 aliphatic heterocycles. The van der Waals surface area contributed by atoms with Gasteiger partial charge in [0.2, 0.25) is 5.91 Å². The Hall–Kier alpha value is -2.09. The van der Waals surface area contributed by atoms with Crippen molar-refractivity contribution < 1.29 is 9.32 Å². The van der Waals surface area contributed by atoms with Crippen molar-refractivity contribution in [2.75, 3.05) is 52.4 Å². The number of aryl methyl sites for hydroxylation is 1. The third kappa shape index (κ3) is 5.70. The summed E-state index contributed by atoms with van der Waals surface area (Å²) in [6.45, 7) is 11.3. The molecule has 0 aliphatic carbocycles. The standard InChI is InChI=1S/C20H34N6O2/c1-3-17-14-18(28-23-17)15-22-20(21-4-2)26-12-10-24(11-13-26)16-19(27)25-8-6-5-7-9-25/h14H,3-13,15-16H2,1-2H3,(H,21,22). The van der Waals surface area contributed by atoms with Crippen molar-refractivity contribution in [3.05, 3.63) is 17.5 Å². The molecular formula is C20H34N6O2. The van der Waals surface area contributed by atoms with Crippen molar-refractivity contribution in [1.82, 2.24) is 25.2 Å². The molecule has 28 heavy (non-hydrogen) atoms. The van der Waals surface area contributed by atoms with Crippen LogP contribution in [0.5, 0.6) is 0 Å². The fourth-order valence-corrected chi connectivity index (χ4v) is 3.73. The molecule has 156 valence electrons. The molecule has 1 aromatic rings. The molecule has 3 rings (SSSR count). The quantitative estimate of drug-likeness (QED) is 0.583. The minimum absolute atomic E-state index is 0.283. The molecule has 0 saturated carbocycles. The van der Waals surface area contributed by atoms with E-state index in [1.165, 1.54) is 6.42 Å². The summed E-state index contributed by atoms with van der Waals surface area (Å²) in [5.41, 5.74) is 0.960. The number of carbonyl (C=O) groups excluding carboxylic acids is 1. The zero-order valence-electron chi connectivity index (χ0n) is 17.3. The zero-order valence-corrected chi connectivity index (χ0v) is 17.3. The highest BCUT2D eigenvalue weighted by Gasteiger charge is 2.24. The van der Waals surface area contributed by atoms with Crippen LogP contribution in [0.3, 0.4) is 0 Å². The first-order valence-electron chi connectivity index (χ1n) is 10.7. The van der Waals surface area contributed by atoms with Gasteiger partial charge in [-0.25, -0.2) is 4.99 Å². The molecule has 0 spiro atoms. The fraction of sp³-hybridized carbons (Fsp3) is 0.750. The highest BCUT2D eigenvalue weighted by molar-refractivity contribution is 5.80. The Morgan fingerprint density at radius 1 is 1.11 bits per heavy atom. The van der Waals surface area contributed by atoms with E-state index in [0.29, 0.717) is 13.1 Å². The Labute approximate surface area is 167 Å². The van der Waals surface area contributed by atoms with E-state index in [2.05, 4.69) is 34.1 Å². The highest BCUT2D eigenvalue weighted by atomic mass is 16.5. The van der Waals surface area contributed by atoms with Gasteiger partial charge in [0.25, 0.3) is 0 Å². The Kier molecular flexibility index (Phi) is 7.71. The fourth-order valence-electron chi connectivity index (χ4n) is 3.73. The molecule has 8 nitrogen and oxygen atoms in total. The number of aromatic nitrogens is 1. The van der Waals surface area contributed by atoms with Gasteiger partial charge in [0.1, 0.15) is 6.54 Å². The number of carbonyl (C=O) groups is 1. The highest BCUT2D eigenvalue weighted by Crippen LogP contribution is 2.11. The minimum atomic E-state index is 0.283. The van der Waals surface area contributed by atoms with Gasteiger partial charge >= 0.3 is 0 Å². The van der Waals surface area contributed by atoms with Gasteiger partial charge in [-0.15, -0.1) is 0 Å². The summed E-state index contributed by atoms with van der Waals surface area (Å²) in [5.74, 6) is 1.97. The molecule has 0 atom stereocenters. The van der Waals surface area contributed by atoms with Gasteiger partial charge in [0, 0.05) is 51.9 Å². The number of guanidine groups is 1. The van der Waals surface area contributed by atoms with E-state index >= 15 is 0 Å².